The molecule has 2 unspecified atom stereocenters. The van der Waals surface area contributed by atoms with E-state index in [4.69, 9.17) is 5.11 Å². The van der Waals surface area contributed by atoms with Gasteiger partial charge < -0.3 is 15.7 Å². The van der Waals surface area contributed by atoms with Crippen molar-refractivity contribution in [2.45, 2.75) is 45.7 Å². The second-order valence-corrected chi connectivity index (χ2v) is 7.78. The van der Waals surface area contributed by atoms with Crippen molar-refractivity contribution in [3.8, 4) is 0 Å². The lowest BCUT2D eigenvalue weighted by Crippen LogP contribution is -2.50. The van der Waals surface area contributed by atoms with Crippen LogP contribution in [-0.4, -0.2) is 33.1 Å². The molecule has 0 aliphatic heterocycles. The van der Waals surface area contributed by atoms with Crippen LogP contribution in [-0.2, 0) is 17.6 Å². The summed E-state index contributed by atoms with van der Waals surface area (Å²) >= 11 is 1.41. The number of nitrogens with one attached hydrogen (secondary N) is 2. The molecule has 2 aromatic rings. The Balaban J connectivity index is 2.25. The van der Waals surface area contributed by atoms with Crippen LogP contribution in [0.15, 0.2) is 29.6 Å². The van der Waals surface area contributed by atoms with Gasteiger partial charge in [0.1, 0.15) is 11.0 Å². The first-order chi connectivity index (χ1) is 13.7. The summed E-state index contributed by atoms with van der Waals surface area (Å²) in [5.41, 5.74) is 1.68. The Morgan fingerprint density at radius 2 is 1.90 bits per heavy atom. The molecule has 10 heteroatoms. The highest BCUT2D eigenvalue weighted by atomic mass is 32.1. The van der Waals surface area contributed by atoms with Crippen molar-refractivity contribution in [2.75, 3.05) is 0 Å². The molecule has 0 aliphatic carbocycles. The number of non-ortho nitro benzene ring substituents is 1. The third-order valence-corrected chi connectivity index (χ3v) is 5.37. The van der Waals surface area contributed by atoms with Crippen LogP contribution in [0.4, 0.5) is 10.5 Å². The number of nitro benzene ring substituents is 1. The largest absolute Gasteiger partial charge is 0.465 e. The van der Waals surface area contributed by atoms with Gasteiger partial charge in [0.15, 0.2) is 0 Å². The van der Waals surface area contributed by atoms with Gasteiger partial charge in [-0.2, -0.15) is 0 Å². The maximum Gasteiger partial charge on any atom is 0.405 e. The predicted molar refractivity (Wildman–Crippen MR) is 109 cm³/mol. The zero-order chi connectivity index (χ0) is 21.6. The fraction of sp³-hybridized carbons (Fsp3) is 0.421. The first-order valence-corrected chi connectivity index (χ1v) is 10.1. The number of rotatable bonds is 9. The Morgan fingerprint density at radius 1 is 1.24 bits per heavy atom. The quantitative estimate of drug-likeness (QED) is 0.421. The van der Waals surface area contributed by atoms with E-state index < -0.39 is 29.0 Å². The van der Waals surface area contributed by atoms with Gasteiger partial charge in [0.25, 0.3) is 5.69 Å². The van der Waals surface area contributed by atoms with Crippen molar-refractivity contribution >= 4 is 29.0 Å². The standard InChI is InChI=1S/C19H24N4O5S/c1-4-13-10-29-18(20-13)15(9-12-5-7-14(8-6-12)23(27)28)21-17(24)16(11(2)3)22-19(25)26/h5-8,10-11,15-16,22H,4,9H2,1-3H3,(H,21,24)(H,25,26). The monoisotopic (exact) mass is 420 g/mol. The normalized spacial score (nSPS) is 13.0. The van der Waals surface area contributed by atoms with Crippen LogP contribution < -0.4 is 10.6 Å². The maximum absolute atomic E-state index is 12.8. The van der Waals surface area contributed by atoms with Gasteiger partial charge in [-0.25, -0.2) is 9.78 Å². The molecule has 1 aromatic heterocycles. The second-order valence-electron chi connectivity index (χ2n) is 6.89. The molecule has 2 rings (SSSR count). The average molecular weight is 420 g/mol. The van der Waals surface area contributed by atoms with Crippen LogP contribution in [0, 0.1) is 16.0 Å². The minimum Gasteiger partial charge on any atom is -0.465 e. The van der Waals surface area contributed by atoms with Gasteiger partial charge in [-0.15, -0.1) is 11.3 Å². The Bertz CT molecular complexity index is 866. The number of aromatic nitrogens is 1. The van der Waals surface area contributed by atoms with Crippen LogP contribution in [0.25, 0.3) is 0 Å². The highest BCUT2D eigenvalue weighted by Gasteiger charge is 2.28. The summed E-state index contributed by atoms with van der Waals surface area (Å²) in [4.78, 5) is 38.7. The summed E-state index contributed by atoms with van der Waals surface area (Å²) in [6.45, 7) is 5.49. The van der Waals surface area contributed by atoms with E-state index in [1.165, 1.54) is 23.5 Å². The van der Waals surface area contributed by atoms with Crippen LogP contribution in [0.2, 0.25) is 0 Å². The topological polar surface area (TPSA) is 134 Å². The number of amides is 2. The first-order valence-electron chi connectivity index (χ1n) is 9.18. The van der Waals surface area contributed by atoms with E-state index in [1.807, 2.05) is 12.3 Å². The van der Waals surface area contributed by atoms with Crippen LogP contribution >= 0.6 is 11.3 Å². The number of carboxylic acid groups (broad SMARTS) is 1. The third kappa shape index (κ3) is 6.24. The van der Waals surface area contributed by atoms with E-state index in [-0.39, 0.29) is 11.6 Å². The lowest BCUT2D eigenvalue weighted by atomic mass is 10.0. The molecule has 2 amide bonds. The summed E-state index contributed by atoms with van der Waals surface area (Å²) in [5.74, 6) is -0.684. The maximum atomic E-state index is 12.8. The van der Waals surface area contributed by atoms with Crippen LogP contribution in [0.3, 0.4) is 0 Å². The SMILES string of the molecule is CCc1csc(C(Cc2ccc([N+](=O)[O-])cc2)NC(=O)C(NC(=O)O)C(C)C)n1. The average Bonchev–Trinajstić information content (AvgIpc) is 3.14. The van der Waals surface area contributed by atoms with E-state index >= 15 is 0 Å². The van der Waals surface area contributed by atoms with Gasteiger partial charge >= 0.3 is 6.09 Å². The first kappa shape index (κ1) is 22.3. The summed E-state index contributed by atoms with van der Waals surface area (Å²) in [6.07, 6.45) is -0.143. The molecule has 3 N–H and O–H groups in total. The molecule has 0 bridgehead atoms. The smallest absolute Gasteiger partial charge is 0.405 e. The molecule has 0 aliphatic rings. The molecular formula is C19H24N4O5S. The predicted octanol–water partition coefficient (Wildman–Crippen LogP) is 3.31. The van der Waals surface area contributed by atoms with Gasteiger partial charge in [-0.05, 0) is 24.3 Å². The number of aryl methyl sites for hydroxylation is 1. The molecule has 0 fully saturated rings. The van der Waals surface area contributed by atoms with Crippen LogP contribution in [0.5, 0.6) is 0 Å². The van der Waals surface area contributed by atoms with Gasteiger partial charge in [0.2, 0.25) is 5.91 Å². The molecule has 0 radical (unpaired) electrons. The van der Waals surface area contributed by atoms with Crippen molar-refractivity contribution in [3.63, 3.8) is 0 Å². The summed E-state index contributed by atoms with van der Waals surface area (Å²) in [5, 5.41) is 27.6. The lowest BCUT2D eigenvalue weighted by molar-refractivity contribution is -0.384. The number of thiazole rings is 1. The molecular weight excluding hydrogens is 396 g/mol. The van der Waals surface area contributed by atoms with E-state index in [0.29, 0.717) is 11.4 Å². The summed E-state index contributed by atoms with van der Waals surface area (Å²) in [7, 11) is 0. The van der Waals surface area contributed by atoms with E-state index in [0.717, 1.165) is 17.7 Å². The van der Waals surface area contributed by atoms with Crippen molar-refractivity contribution in [3.05, 3.63) is 56.0 Å². The molecule has 1 heterocycles. The molecule has 0 saturated carbocycles. The lowest BCUT2D eigenvalue weighted by Gasteiger charge is -2.24. The van der Waals surface area contributed by atoms with E-state index in [9.17, 15) is 19.7 Å². The van der Waals surface area contributed by atoms with E-state index in [2.05, 4.69) is 15.6 Å². The van der Waals surface area contributed by atoms with E-state index in [1.54, 1.807) is 26.0 Å². The fourth-order valence-electron chi connectivity index (χ4n) is 2.76. The number of hydrogen-bond acceptors (Lipinski definition) is 6. The highest BCUT2D eigenvalue weighted by Crippen LogP contribution is 2.24. The summed E-state index contributed by atoms with van der Waals surface area (Å²) < 4.78 is 0. The van der Waals surface area contributed by atoms with Crippen molar-refractivity contribution in [2.24, 2.45) is 5.92 Å². The van der Waals surface area contributed by atoms with Crippen molar-refractivity contribution in [1.29, 1.82) is 0 Å². The molecule has 156 valence electrons. The zero-order valence-electron chi connectivity index (χ0n) is 16.4. The molecule has 0 spiro atoms. The summed E-state index contributed by atoms with van der Waals surface area (Å²) in [6, 6.07) is 4.72. The number of carbonyl (C=O) groups excluding carboxylic acids is 1. The Labute approximate surface area is 172 Å². The number of nitro groups is 1. The number of nitrogens with zero attached hydrogens (tertiary/aromatic N) is 2. The number of benzene rings is 1. The molecule has 29 heavy (non-hydrogen) atoms. The minimum absolute atomic E-state index is 0.0117. The van der Waals surface area contributed by atoms with Crippen molar-refractivity contribution in [1.82, 2.24) is 15.6 Å². The third-order valence-electron chi connectivity index (χ3n) is 4.36. The molecule has 0 saturated heterocycles. The fourth-order valence-corrected chi connectivity index (χ4v) is 3.72. The molecule has 2 atom stereocenters. The Morgan fingerprint density at radius 3 is 2.38 bits per heavy atom. The van der Waals surface area contributed by atoms with Gasteiger partial charge in [0.05, 0.1) is 16.7 Å². The molecule has 1 aromatic carbocycles. The Kier molecular flexibility index (Phi) is 7.66. The number of carbonyl (C=O) groups is 2. The number of hydrogen-bond donors (Lipinski definition) is 3. The minimum atomic E-state index is -1.27. The van der Waals surface area contributed by atoms with Gasteiger partial charge in [-0.1, -0.05) is 32.9 Å². The van der Waals surface area contributed by atoms with Gasteiger partial charge in [-0.3, -0.25) is 14.9 Å². The zero-order valence-corrected chi connectivity index (χ0v) is 17.2. The second kappa shape index (κ2) is 9.97. The van der Waals surface area contributed by atoms with Gasteiger partial charge in [0, 0.05) is 17.5 Å². The Hall–Kier alpha value is -3.01. The molecule has 9 nitrogen and oxygen atoms in total. The highest BCUT2D eigenvalue weighted by molar-refractivity contribution is 7.09. The van der Waals surface area contributed by atoms with Crippen molar-refractivity contribution < 1.29 is 19.6 Å². The van der Waals surface area contributed by atoms with Crippen LogP contribution in [0.1, 0.15) is 43.1 Å².